The molecule has 0 aliphatic carbocycles. The Balaban J connectivity index is 0.000000235. The Morgan fingerprint density at radius 2 is 1.95 bits per heavy atom. The molecule has 1 aromatic rings. The molecule has 2 atom stereocenters. The van der Waals surface area contributed by atoms with E-state index in [2.05, 4.69) is 5.32 Å². The maximum absolute atomic E-state index is 10.7. The van der Waals surface area contributed by atoms with Crippen LogP contribution >= 0.6 is 0 Å². The monoisotopic (exact) mass is 308 g/mol. The number of carboxylic acids is 2. The average Bonchev–Trinajstić information content (AvgIpc) is 2.92. The molecule has 122 valence electrons. The van der Waals surface area contributed by atoms with Gasteiger partial charge in [0, 0.05) is 0 Å². The molecule has 22 heavy (non-hydrogen) atoms. The normalized spacial score (nSPS) is 19.1. The second-order valence-electron chi connectivity index (χ2n) is 5.35. The van der Waals surface area contributed by atoms with Gasteiger partial charge >= 0.3 is 11.9 Å². The van der Waals surface area contributed by atoms with Crippen molar-refractivity contribution in [2.45, 2.75) is 31.3 Å². The molecule has 0 bridgehead atoms. The van der Waals surface area contributed by atoms with Gasteiger partial charge in [-0.25, -0.2) is 0 Å². The van der Waals surface area contributed by atoms with Crippen LogP contribution in [0.2, 0.25) is 0 Å². The number of hydrogen-bond donors (Lipinski definition) is 3. The highest BCUT2D eigenvalue weighted by Gasteiger charge is 2.26. The lowest BCUT2D eigenvalue weighted by molar-refractivity contribution is -0.142. The van der Waals surface area contributed by atoms with E-state index in [0.717, 1.165) is 24.9 Å². The Kier molecular flexibility index (Phi) is 7.56. The number of rotatable bonds is 5. The SMILES string of the molecule is CN1CCC[C@H]1C(=O)O.CN[C@@H](Cc1ccccc1)C(=O)O. The molecular weight excluding hydrogens is 284 g/mol. The standard InChI is InChI=1S/C10H13NO2.C6H11NO2/c1-11-9(10(12)13)7-8-5-3-2-4-6-8;1-7-4-2-3-5(7)6(8)9/h2-6,9,11H,7H2,1H3,(H,12,13);5H,2-4H2,1H3,(H,8,9)/t9-;5-/m00/s1. The summed E-state index contributed by atoms with van der Waals surface area (Å²) in [7, 11) is 3.51. The number of likely N-dealkylation sites (tertiary alicyclic amines) is 1. The molecule has 1 saturated heterocycles. The number of carboxylic acid groups (broad SMARTS) is 2. The van der Waals surface area contributed by atoms with Gasteiger partial charge in [-0.1, -0.05) is 30.3 Å². The van der Waals surface area contributed by atoms with E-state index in [-0.39, 0.29) is 6.04 Å². The summed E-state index contributed by atoms with van der Waals surface area (Å²) in [5, 5.41) is 20.1. The number of aliphatic carboxylic acids is 2. The Morgan fingerprint density at radius 1 is 1.32 bits per heavy atom. The lowest BCUT2D eigenvalue weighted by Crippen LogP contribution is -2.35. The van der Waals surface area contributed by atoms with Crippen LogP contribution in [0.15, 0.2) is 30.3 Å². The van der Waals surface area contributed by atoms with E-state index in [1.807, 2.05) is 42.3 Å². The summed E-state index contributed by atoms with van der Waals surface area (Å²) < 4.78 is 0. The summed E-state index contributed by atoms with van der Waals surface area (Å²) in [5.41, 5.74) is 1.03. The van der Waals surface area contributed by atoms with Gasteiger partial charge in [0.25, 0.3) is 0 Å². The highest BCUT2D eigenvalue weighted by Crippen LogP contribution is 2.13. The van der Waals surface area contributed by atoms with Crippen molar-refractivity contribution in [3.05, 3.63) is 35.9 Å². The van der Waals surface area contributed by atoms with Gasteiger partial charge in [-0.05, 0) is 45.5 Å². The Hall–Kier alpha value is -1.92. The molecule has 0 spiro atoms. The molecule has 0 amide bonds. The first-order chi connectivity index (χ1) is 10.5. The van der Waals surface area contributed by atoms with Crippen LogP contribution in [-0.2, 0) is 16.0 Å². The molecule has 1 heterocycles. The highest BCUT2D eigenvalue weighted by molar-refractivity contribution is 5.74. The molecule has 6 nitrogen and oxygen atoms in total. The molecule has 2 rings (SSSR count). The second kappa shape index (κ2) is 9.17. The van der Waals surface area contributed by atoms with Gasteiger partial charge in [0.05, 0.1) is 0 Å². The van der Waals surface area contributed by atoms with Crippen molar-refractivity contribution in [2.75, 3.05) is 20.6 Å². The predicted molar refractivity (Wildman–Crippen MR) is 83.9 cm³/mol. The molecule has 1 aromatic carbocycles. The maximum Gasteiger partial charge on any atom is 0.321 e. The minimum Gasteiger partial charge on any atom is -0.480 e. The third-order valence-corrected chi connectivity index (χ3v) is 3.73. The van der Waals surface area contributed by atoms with Crippen molar-refractivity contribution in [3.8, 4) is 0 Å². The van der Waals surface area contributed by atoms with E-state index in [0.29, 0.717) is 6.42 Å². The third-order valence-electron chi connectivity index (χ3n) is 3.73. The lowest BCUT2D eigenvalue weighted by Gasteiger charge is -2.13. The lowest BCUT2D eigenvalue weighted by atomic mass is 10.1. The zero-order valence-corrected chi connectivity index (χ0v) is 13.0. The van der Waals surface area contributed by atoms with Crippen LogP contribution in [0.3, 0.4) is 0 Å². The number of hydrogen-bond acceptors (Lipinski definition) is 4. The van der Waals surface area contributed by atoms with Crippen LogP contribution < -0.4 is 5.32 Å². The van der Waals surface area contributed by atoms with E-state index in [1.54, 1.807) is 7.05 Å². The molecule has 3 N–H and O–H groups in total. The zero-order chi connectivity index (χ0) is 16.5. The van der Waals surface area contributed by atoms with E-state index >= 15 is 0 Å². The topological polar surface area (TPSA) is 89.9 Å². The number of benzene rings is 1. The summed E-state index contributed by atoms with van der Waals surface area (Å²) >= 11 is 0. The fraction of sp³-hybridized carbons (Fsp3) is 0.500. The summed E-state index contributed by atoms with van der Waals surface area (Å²) in [5.74, 6) is -1.50. The largest absolute Gasteiger partial charge is 0.480 e. The first-order valence-electron chi connectivity index (χ1n) is 7.32. The number of nitrogens with one attached hydrogen (secondary N) is 1. The van der Waals surface area contributed by atoms with E-state index < -0.39 is 18.0 Å². The van der Waals surface area contributed by atoms with Crippen LogP contribution in [0, 0.1) is 0 Å². The summed E-state index contributed by atoms with van der Waals surface area (Å²) in [6.07, 6.45) is 2.35. The predicted octanol–water partition coefficient (Wildman–Crippen LogP) is 1.07. The second-order valence-corrected chi connectivity index (χ2v) is 5.35. The third kappa shape index (κ3) is 5.83. The van der Waals surface area contributed by atoms with Crippen molar-refractivity contribution >= 4 is 11.9 Å². The first kappa shape index (κ1) is 18.1. The van der Waals surface area contributed by atoms with Gasteiger partial charge < -0.3 is 15.5 Å². The molecule has 0 unspecified atom stereocenters. The van der Waals surface area contributed by atoms with Crippen LogP contribution in [0.5, 0.6) is 0 Å². The van der Waals surface area contributed by atoms with Crippen molar-refractivity contribution < 1.29 is 19.8 Å². The molecule has 1 aliphatic heterocycles. The van der Waals surface area contributed by atoms with Gasteiger partial charge in [-0.2, -0.15) is 0 Å². The minimum absolute atomic E-state index is 0.218. The van der Waals surface area contributed by atoms with Crippen LogP contribution in [0.25, 0.3) is 0 Å². The zero-order valence-electron chi connectivity index (χ0n) is 13.0. The van der Waals surface area contributed by atoms with E-state index in [1.165, 1.54) is 0 Å². The summed E-state index contributed by atoms with van der Waals surface area (Å²) in [6, 6.07) is 8.86. The number of nitrogens with zero attached hydrogens (tertiary/aromatic N) is 1. The minimum atomic E-state index is -0.814. The Morgan fingerprint density at radius 3 is 2.32 bits per heavy atom. The van der Waals surface area contributed by atoms with Crippen LogP contribution in [0.4, 0.5) is 0 Å². The Bertz CT molecular complexity index is 478. The molecular formula is C16H24N2O4. The smallest absolute Gasteiger partial charge is 0.321 e. The average molecular weight is 308 g/mol. The molecule has 1 aliphatic rings. The summed E-state index contributed by atoms with van der Waals surface area (Å²) in [4.78, 5) is 22.9. The molecule has 1 fully saturated rings. The van der Waals surface area contributed by atoms with E-state index in [9.17, 15) is 9.59 Å². The Labute approximate surface area is 130 Å². The fourth-order valence-electron chi connectivity index (χ4n) is 2.38. The summed E-state index contributed by atoms with van der Waals surface area (Å²) in [6.45, 7) is 0.928. The van der Waals surface area contributed by atoms with Gasteiger partial charge in [-0.15, -0.1) is 0 Å². The molecule has 0 saturated carbocycles. The number of likely N-dealkylation sites (N-methyl/N-ethyl adjacent to an activating group) is 2. The van der Waals surface area contributed by atoms with Crippen LogP contribution in [0.1, 0.15) is 18.4 Å². The van der Waals surface area contributed by atoms with E-state index in [4.69, 9.17) is 10.2 Å². The number of carbonyl (C=O) groups is 2. The molecule has 0 aromatic heterocycles. The van der Waals surface area contributed by atoms with Crippen molar-refractivity contribution in [2.24, 2.45) is 0 Å². The quantitative estimate of drug-likeness (QED) is 0.754. The highest BCUT2D eigenvalue weighted by atomic mass is 16.4. The maximum atomic E-state index is 10.7. The van der Waals surface area contributed by atoms with Gasteiger partial charge in [0.15, 0.2) is 0 Å². The van der Waals surface area contributed by atoms with Gasteiger partial charge in [0.2, 0.25) is 0 Å². The first-order valence-corrected chi connectivity index (χ1v) is 7.32. The van der Waals surface area contributed by atoms with Crippen LogP contribution in [-0.4, -0.2) is 59.8 Å². The molecule has 6 heteroatoms. The fourth-order valence-corrected chi connectivity index (χ4v) is 2.38. The van der Waals surface area contributed by atoms with Gasteiger partial charge in [0.1, 0.15) is 12.1 Å². The van der Waals surface area contributed by atoms with Crippen molar-refractivity contribution in [3.63, 3.8) is 0 Å². The molecule has 0 radical (unpaired) electrons. The van der Waals surface area contributed by atoms with Crippen molar-refractivity contribution in [1.82, 2.24) is 10.2 Å². The van der Waals surface area contributed by atoms with Gasteiger partial charge in [-0.3, -0.25) is 14.5 Å². The van der Waals surface area contributed by atoms with Crippen molar-refractivity contribution in [1.29, 1.82) is 0 Å².